The molecule has 1 amide bonds. The summed E-state index contributed by atoms with van der Waals surface area (Å²) in [6.07, 6.45) is 0. The van der Waals surface area contributed by atoms with E-state index >= 15 is 0 Å². The Morgan fingerprint density at radius 2 is 1.78 bits per heavy atom. The van der Waals surface area contributed by atoms with Gasteiger partial charge in [-0.3, -0.25) is 9.48 Å². The Bertz CT molecular complexity index is 727. The molecule has 1 aliphatic rings. The summed E-state index contributed by atoms with van der Waals surface area (Å²) < 4.78 is 1.78. The van der Waals surface area contributed by atoms with Crippen molar-refractivity contribution in [3.8, 4) is 0 Å². The fourth-order valence-electron chi connectivity index (χ4n) is 3.23. The van der Waals surface area contributed by atoms with Crippen LogP contribution in [0.1, 0.15) is 27.3 Å². The number of carbonyl (C=O) groups is 1. The van der Waals surface area contributed by atoms with Crippen LogP contribution in [0.4, 0.5) is 5.69 Å². The highest BCUT2D eigenvalue weighted by Gasteiger charge is 2.26. The van der Waals surface area contributed by atoms with E-state index in [1.807, 2.05) is 25.8 Å². The molecule has 5 nitrogen and oxygen atoms in total. The van der Waals surface area contributed by atoms with Gasteiger partial charge in [0.15, 0.2) is 0 Å². The third kappa shape index (κ3) is 2.96. The van der Waals surface area contributed by atoms with Crippen LogP contribution in [-0.2, 0) is 7.05 Å². The van der Waals surface area contributed by atoms with Crippen LogP contribution in [0.2, 0.25) is 0 Å². The molecule has 23 heavy (non-hydrogen) atoms. The third-order valence-electron chi connectivity index (χ3n) is 4.66. The zero-order valence-corrected chi connectivity index (χ0v) is 14.3. The minimum Gasteiger partial charge on any atom is -0.368 e. The number of hydrogen-bond donors (Lipinski definition) is 0. The zero-order chi connectivity index (χ0) is 16.6. The summed E-state index contributed by atoms with van der Waals surface area (Å²) >= 11 is 0. The van der Waals surface area contributed by atoms with Crippen LogP contribution < -0.4 is 4.90 Å². The van der Waals surface area contributed by atoms with E-state index in [1.54, 1.807) is 4.68 Å². The van der Waals surface area contributed by atoms with Crippen molar-refractivity contribution in [1.29, 1.82) is 0 Å². The minimum absolute atomic E-state index is 0.108. The molecule has 0 spiro atoms. The lowest BCUT2D eigenvalue weighted by atomic mass is 10.1. The molecule has 2 heterocycles. The van der Waals surface area contributed by atoms with E-state index in [1.165, 1.54) is 11.3 Å². The fraction of sp³-hybridized carbons (Fsp3) is 0.444. The predicted octanol–water partition coefficient (Wildman–Crippen LogP) is 2.31. The smallest absolute Gasteiger partial charge is 0.257 e. The molecule has 0 radical (unpaired) electrons. The number of amides is 1. The predicted molar refractivity (Wildman–Crippen MR) is 92.0 cm³/mol. The van der Waals surface area contributed by atoms with E-state index in [0.717, 1.165) is 43.1 Å². The van der Waals surface area contributed by atoms with Crippen molar-refractivity contribution in [3.63, 3.8) is 0 Å². The van der Waals surface area contributed by atoms with Crippen LogP contribution in [0.5, 0.6) is 0 Å². The molecule has 0 atom stereocenters. The van der Waals surface area contributed by atoms with E-state index in [-0.39, 0.29) is 5.91 Å². The molecular weight excluding hydrogens is 288 g/mol. The number of anilines is 1. The zero-order valence-electron chi connectivity index (χ0n) is 14.3. The molecule has 1 aromatic heterocycles. The lowest BCUT2D eigenvalue weighted by Gasteiger charge is -2.36. The van der Waals surface area contributed by atoms with Gasteiger partial charge >= 0.3 is 0 Å². The Balaban J connectivity index is 1.70. The first kappa shape index (κ1) is 15.6. The van der Waals surface area contributed by atoms with E-state index in [9.17, 15) is 4.79 Å². The Hall–Kier alpha value is -2.30. The fourth-order valence-corrected chi connectivity index (χ4v) is 3.23. The van der Waals surface area contributed by atoms with Gasteiger partial charge in [0.25, 0.3) is 5.91 Å². The van der Waals surface area contributed by atoms with Crippen molar-refractivity contribution < 1.29 is 4.79 Å². The monoisotopic (exact) mass is 312 g/mol. The standard InChI is InChI=1S/C18H24N4O/c1-13-6-5-7-16(12-13)21-8-10-22(11-9-21)18(23)17-14(2)19-20(4)15(17)3/h5-7,12H,8-11H2,1-4H3. The number of aromatic nitrogens is 2. The number of carbonyl (C=O) groups excluding carboxylic acids is 1. The first-order valence-electron chi connectivity index (χ1n) is 8.08. The number of aryl methyl sites for hydroxylation is 3. The molecule has 0 aliphatic carbocycles. The van der Waals surface area contributed by atoms with Crippen molar-refractivity contribution >= 4 is 11.6 Å². The van der Waals surface area contributed by atoms with Crippen molar-refractivity contribution in [2.24, 2.45) is 7.05 Å². The largest absolute Gasteiger partial charge is 0.368 e. The molecular formula is C18H24N4O. The van der Waals surface area contributed by atoms with Crippen molar-refractivity contribution in [3.05, 3.63) is 46.8 Å². The van der Waals surface area contributed by atoms with E-state index < -0.39 is 0 Å². The maximum absolute atomic E-state index is 12.8. The van der Waals surface area contributed by atoms with Crippen LogP contribution in [0, 0.1) is 20.8 Å². The second-order valence-electron chi connectivity index (χ2n) is 6.29. The molecule has 0 bridgehead atoms. The summed E-state index contributed by atoms with van der Waals surface area (Å²) in [4.78, 5) is 17.1. The van der Waals surface area contributed by atoms with Crippen LogP contribution in [0.15, 0.2) is 24.3 Å². The number of hydrogen-bond acceptors (Lipinski definition) is 3. The molecule has 2 aromatic rings. The van der Waals surface area contributed by atoms with Gasteiger partial charge in [-0.15, -0.1) is 0 Å². The molecule has 1 saturated heterocycles. The van der Waals surface area contributed by atoms with Gasteiger partial charge in [0.2, 0.25) is 0 Å². The first-order valence-corrected chi connectivity index (χ1v) is 8.08. The highest BCUT2D eigenvalue weighted by atomic mass is 16.2. The van der Waals surface area contributed by atoms with Gasteiger partial charge in [-0.25, -0.2) is 0 Å². The summed E-state index contributed by atoms with van der Waals surface area (Å²) in [5.41, 5.74) is 5.02. The Morgan fingerprint density at radius 3 is 2.35 bits per heavy atom. The summed E-state index contributed by atoms with van der Waals surface area (Å²) in [6.45, 7) is 9.21. The van der Waals surface area contributed by atoms with E-state index in [0.29, 0.717) is 0 Å². The molecule has 0 N–H and O–H groups in total. The highest BCUT2D eigenvalue weighted by molar-refractivity contribution is 5.96. The second kappa shape index (κ2) is 6.07. The molecule has 122 valence electrons. The number of nitrogens with zero attached hydrogens (tertiary/aromatic N) is 4. The summed E-state index contributed by atoms with van der Waals surface area (Å²) in [5, 5.41) is 4.36. The Kier molecular flexibility index (Phi) is 4.11. The molecule has 1 aromatic carbocycles. The SMILES string of the molecule is Cc1cccc(N2CCN(C(=O)c3c(C)nn(C)c3C)CC2)c1. The Labute approximate surface area is 137 Å². The van der Waals surface area contributed by atoms with Crippen LogP contribution >= 0.6 is 0 Å². The summed E-state index contributed by atoms with van der Waals surface area (Å²) in [6, 6.07) is 8.54. The number of benzene rings is 1. The Morgan fingerprint density at radius 1 is 1.09 bits per heavy atom. The number of piperazine rings is 1. The quantitative estimate of drug-likeness (QED) is 0.854. The van der Waals surface area contributed by atoms with Crippen LogP contribution in [-0.4, -0.2) is 46.8 Å². The lowest BCUT2D eigenvalue weighted by Crippen LogP contribution is -2.49. The van der Waals surface area contributed by atoms with Gasteiger partial charge in [0, 0.05) is 44.6 Å². The summed E-state index contributed by atoms with van der Waals surface area (Å²) in [7, 11) is 1.88. The van der Waals surface area contributed by atoms with Gasteiger partial charge < -0.3 is 9.80 Å². The average molecular weight is 312 g/mol. The van der Waals surface area contributed by atoms with Gasteiger partial charge in [-0.05, 0) is 38.5 Å². The van der Waals surface area contributed by atoms with Gasteiger partial charge in [-0.1, -0.05) is 12.1 Å². The number of rotatable bonds is 2. The topological polar surface area (TPSA) is 41.4 Å². The van der Waals surface area contributed by atoms with E-state index in [2.05, 4.69) is 41.2 Å². The van der Waals surface area contributed by atoms with E-state index in [4.69, 9.17) is 0 Å². The van der Waals surface area contributed by atoms with Gasteiger partial charge in [-0.2, -0.15) is 5.10 Å². The first-order chi connectivity index (χ1) is 11.0. The maximum Gasteiger partial charge on any atom is 0.257 e. The third-order valence-corrected chi connectivity index (χ3v) is 4.66. The maximum atomic E-state index is 12.8. The molecule has 3 rings (SSSR count). The normalized spacial score (nSPS) is 15.1. The molecule has 1 fully saturated rings. The van der Waals surface area contributed by atoms with Gasteiger partial charge in [0.1, 0.15) is 0 Å². The summed E-state index contributed by atoms with van der Waals surface area (Å²) in [5.74, 6) is 0.108. The second-order valence-corrected chi connectivity index (χ2v) is 6.29. The minimum atomic E-state index is 0.108. The molecule has 5 heteroatoms. The van der Waals surface area contributed by atoms with Crippen molar-refractivity contribution in [1.82, 2.24) is 14.7 Å². The highest BCUT2D eigenvalue weighted by Crippen LogP contribution is 2.20. The van der Waals surface area contributed by atoms with Crippen LogP contribution in [0.25, 0.3) is 0 Å². The van der Waals surface area contributed by atoms with Crippen LogP contribution in [0.3, 0.4) is 0 Å². The average Bonchev–Trinajstić information content (AvgIpc) is 2.79. The molecule has 1 aliphatic heterocycles. The van der Waals surface area contributed by atoms with Crippen molar-refractivity contribution in [2.45, 2.75) is 20.8 Å². The molecule has 0 saturated carbocycles. The van der Waals surface area contributed by atoms with Crippen molar-refractivity contribution in [2.75, 3.05) is 31.1 Å². The molecule has 0 unspecified atom stereocenters. The van der Waals surface area contributed by atoms with Gasteiger partial charge in [0.05, 0.1) is 11.3 Å². The lowest BCUT2D eigenvalue weighted by molar-refractivity contribution is 0.0745.